The summed E-state index contributed by atoms with van der Waals surface area (Å²) in [6.07, 6.45) is 1.74. The highest BCUT2D eigenvalue weighted by Gasteiger charge is 2.12. The van der Waals surface area contributed by atoms with Gasteiger partial charge in [-0.25, -0.2) is 0 Å². The molecule has 0 radical (unpaired) electrons. The lowest BCUT2D eigenvalue weighted by molar-refractivity contribution is 0.416. The van der Waals surface area contributed by atoms with Gasteiger partial charge in [-0.05, 0) is 18.2 Å². The van der Waals surface area contributed by atoms with Crippen molar-refractivity contribution in [2.75, 3.05) is 12.8 Å². The molecule has 2 N–H and O–H groups in total. The number of nitrogens with zero attached hydrogens (tertiary/aromatic N) is 2. The zero-order valence-corrected chi connectivity index (χ0v) is 10.7. The van der Waals surface area contributed by atoms with Gasteiger partial charge in [0.1, 0.15) is 11.6 Å². The lowest BCUT2D eigenvalue weighted by atomic mass is 10.1. The fraction of sp³-hybridized carbons (Fsp3) is 0.182. The molecule has 0 saturated carbocycles. The number of aromatic nitrogens is 2. The van der Waals surface area contributed by atoms with E-state index in [-0.39, 0.29) is 0 Å². The first-order valence-corrected chi connectivity index (χ1v) is 5.54. The number of anilines is 1. The van der Waals surface area contributed by atoms with Crippen LogP contribution in [0.1, 0.15) is 0 Å². The Labute approximate surface area is 102 Å². The minimum absolute atomic E-state index is 0.622. The van der Waals surface area contributed by atoms with Crippen molar-refractivity contribution in [1.29, 1.82) is 0 Å². The second-order valence-corrected chi connectivity index (χ2v) is 4.33. The molecule has 1 aromatic heterocycles. The van der Waals surface area contributed by atoms with Crippen LogP contribution in [0.4, 0.5) is 5.82 Å². The molecule has 2 aromatic rings. The number of nitrogens with two attached hydrogens (primary N) is 1. The van der Waals surface area contributed by atoms with Crippen molar-refractivity contribution in [3.63, 3.8) is 0 Å². The predicted molar refractivity (Wildman–Crippen MR) is 67.3 cm³/mol. The van der Waals surface area contributed by atoms with E-state index in [1.807, 2.05) is 25.2 Å². The highest BCUT2D eigenvalue weighted by atomic mass is 79.9. The number of benzene rings is 1. The maximum atomic E-state index is 5.94. The summed E-state index contributed by atoms with van der Waals surface area (Å²) in [6, 6.07) is 5.78. The van der Waals surface area contributed by atoms with E-state index in [2.05, 4.69) is 21.0 Å². The quantitative estimate of drug-likeness (QED) is 0.920. The minimum Gasteiger partial charge on any atom is -0.496 e. The van der Waals surface area contributed by atoms with Gasteiger partial charge in [0.2, 0.25) is 0 Å². The maximum Gasteiger partial charge on any atom is 0.129 e. The van der Waals surface area contributed by atoms with E-state index in [4.69, 9.17) is 10.5 Å². The molecule has 0 fully saturated rings. The van der Waals surface area contributed by atoms with Gasteiger partial charge in [0.05, 0.1) is 13.3 Å². The monoisotopic (exact) mass is 281 g/mol. The number of aryl methyl sites for hydroxylation is 1. The highest BCUT2D eigenvalue weighted by molar-refractivity contribution is 9.10. The van der Waals surface area contributed by atoms with Gasteiger partial charge in [0.25, 0.3) is 0 Å². The Kier molecular flexibility index (Phi) is 2.87. The number of halogens is 1. The third-order valence-electron chi connectivity index (χ3n) is 2.44. The maximum absolute atomic E-state index is 5.94. The molecule has 0 aliphatic carbocycles. The van der Waals surface area contributed by atoms with Crippen molar-refractivity contribution in [2.24, 2.45) is 7.05 Å². The van der Waals surface area contributed by atoms with Crippen LogP contribution in [0.25, 0.3) is 11.1 Å². The van der Waals surface area contributed by atoms with Crippen LogP contribution in [-0.4, -0.2) is 16.9 Å². The van der Waals surface area contributed by atoms with Gasteiger partial charge in [0.15, 0.2) is 0 Å². The topological polar surface area (TPSA) is 53.1 Å². The summed E-state index contributed by atoms with van der Waals surface area (Å²) >= 11 is 3.43. The summed E-state index contributed by atoms with van der Waals surface area (Å²) in [4.78, 5) is 0. The summed E-state index contributed by atoms with van der Waals surface area (Å²) in [5, 5.41) is 4.12. The van der Waals surface area contributed by atoms with E-state index in [0.29, 0.717) is 5.82 Å². The Morgan fingerprint density at radius 2 is 2.12 bits per heavy atom. The Morgan fingerprint density at radius 3 is 2.69 bits per heavy atom. The minimum atomic E-state index is 0.622. The van der Waals surface area contributed by atoms with Gasteiger partial charge in [-0.2, -0.15) is 5.10 Å². The molecule has 0 bridgehead atoms. The lowest BCUT2D eigenvalue weighted by Gasteiger charge is -2.08. The average Bonchev–Trinajstić information content (AvgIpc) is 2.60. The third kappa shape index (κ3) is 1.78. The molecular formula is C11H12BrN3O. The summed E-state index contributed by atoms with van der Waals surface area (Å²) in [6.45, 7) is 0. The Bertz CT molecular complexity index is 522. The van der Waals surface area contributed by atoms with Crippen LogP contribution in [0.5, 0.6) is 5.75 Å². The molecule has 0 aliphatic heterocycles. The molecule has 1 aromatic carbocycles. The molecule has 16 heavy (non-hydrogen) atoms. The molecule has 1 heterocycles. The van der Waals surface area contributed by atoms with Crippen molar-refractivity contribution in [3.05, 3.63) is 28.9 Å². The first kappa shape index (κ1) is 11.0. The third-order valence-corrected chi connectivity index (χ3v) is 2.93. The van der Waals surface area contributed by atoms with E-state index >= 15 is 0 Å². The number of ether oxygens (including phenoxy) is 1. The Morgan fingerprint density at radius 1 is 1.38 bits per heavy atom. The summed E-state index contributed by atoms with van der Waals surface area (Å²) in [5.41, 5.74) is 7.75. The average molecular weight is 282 g/mol. The Hall–Kier alpha value is -1.49. The summed E-state index contributed by atoms with van der Waals surface area (Å²) in [5.74, 6) is 1.40. The van der Waals surface area contributed by atoms with Crippen LogP contribution in [-0.2, 0) is 7.05 Å². The van der Waals surface area contributed by atoms with E-state index in [0.717, 1.165) is 21.3 Å². The smallest absolute Gasteiger partial charge is 0.129 e. The Balaban J connectivity index is 2.62. The second kappa shape index (κ2) is 4.17. The van der Waals surface area contributed by atoms with E-state index < -0.39 is 0 Å². The zero-order chi connectivity index (χ0) is 11.7. The van der Waals surface area contributed by atoms with Gasteiger partial charge in [-0.1, -0.05) is 15.9 Å². The molecule has 0 spiro atoms. The van der Waals surface area contributed by atoms with Crippen molar-refractivity contribution in [2.45, 2.75) is 0 Å². The molecule has 84 valence electrons. The van der Waals surface area contributed by atoms with Gasteiger partial charge in [0, 0.05) is 22.6 Å². The van der Waals surface area contributed by atoms with Crippen LogP contribution >= 0.6 is 15.9 Å². The molecule has 0 atom stereocenters. The SMILES string of the molecule is COc1ccc(Br)cc1-c1cnn(C)c1N. The molecule has 2 rings (SSSR count). The number of hydrogen-bond acceptors (Lipinski definition) is 3. The van der Waals surface area contributed by atoms with Crippen LogP contribution in [0.2, 0.25) is 0 Å². The van der Waals surface area contributed by atoms with Gasteiger partial charge in [-0.3, -0.25) is 4.68 Å². The van der Waals surface area contributed by atoms with Gasteiger partial charge in [-0.15, -0.1) is 0 Å². The largest absolute Gasteiger partial charge is 0.496 e. The van der Waals surface area contributed by atoms with Gasteiger partial charge < -0.3 is 10.5 Å². The summed E-state index contributed by atoms with van der Waals surface area (Å²) < 4.78 is 7.92. The molecule has 0 saturated heterocycles. The molecule has 4 nitrogen and oxygen atoms in total. The number of hydrogen-bond donors (Lipinski definition) is 1. The molecule has 0 amide bonds. The molecular weight excluding hydrogens is 270 g/mol. The van der Waals surface area contributed by atoms with Crippen LogP contribution in [0.3, 0.4) is 0 Å². The second-order valence-electron chi connectivity index (χ2n) is 3.41. The molecule has 0 aliphatic rings. The number of nitrogen functional groups attached to an aromatic ring is 1. The number of rotatable bonds is 2. The van der Waals surface area contributed by atoms with E-state index in [9.17, 15) is 0 Å². The van der Waals surface area contributed by atoms with E-state index in [1.54, 1.807) is 18.0 Å². The standard InChI is InChI=1S/C11H12BrN3O/c1-15-11(13)9(6-14-15)8-5-7(12)3-4-10(8)16-2/h3-6H,13H2,1-2H3. The van der Waals surface area contributed by atoms with Crippen LogP contribution in [0, 0.1) is 0 Å². The molecule has 5 heteroatoms. The van der Waals surface area contributed by atoms with Gasteiger partial charge >= 0.3 is 0 Å². The number of methoxy groups -OCH3 is 1. The predicted octanol–water partition coefficient (Wildman–Crippen LogP) is 2.44. The highest BCUT2D eigenvalue weighted by Crippen LogP contribution is 2.35. The van der Waals surface area contributed by atoms with Crippen molar-refractivity contribution >= 4 is 21.7 Å². The van der Waals surface area contributed by atoms with E-state index in [1.165, 1.54) is 0 Å². The van der Waals surface area contributed by atoms with Crippen molar-refractivity contribution in [1.82, 2.24) is 9.78 Å². The zero-order valence-electron chi connectivity index (χ0n) is 9.07. The van der Waals surface area contributed by atoms with Crippen LogP contribution in [0.15, 0.2) is 28.9 Å². The normalized spacial score (nSPS) is 10.4. The van der Waals surface area contributed by atoms with Crippen molar-refractivity contribution < 1.29 is 4.74 Å². The summed E-state index contributed by atoms with van der Waals surface area (Å²) in [7, 11) is 3.45. The van der Waals surface area contributed by atoms with Crippen LogP contribution < -0.4 is 10.5 Å². The first-order valence-electron chi connectivity index (χ1n) is 4.75. The molecule has 0 unspecified atom stereocenters. The lowest BCUT2D eigenvalue weighted by Crippen LogP contribution is -1.98. The fourth-order valence-electron chi connectivity index (χ4n) is 1.55. The fourth-order valence-corrected chi connectivity index (χ4v) is 1.91. The van der Waals surface area contributed by atoms with Crippen molar-refractivity contribution in [3.8, 4) is 16.9 Å². The first-order chi connectivity index (χ1) is 7.63.